The van der Waals surface area contributed by atoms with Crippen LogP contribution in [0.2, 0.25) is 5.15 Å². The minimum Gasteiger partial charge on any atom is -0.304 e. The van der Waals surface area contributed by atoms with E-state index in [-0.39, 0.29) is 16.4 Å². The van der Waals surface area contributed by atoms with E-state index in [1.807, 2.05) is 7.05 Å². The molecule has 108 valence electrons. The zero-order valence-electron chi connectivity index (χ0n) is 10.9. The zero-order chi connectivity index (χ0) is 14.7. The number of pyridine rings is 1. The molecule has 9 heteroatoms. The van der Waals surface area contributed by atoms with Crippen LogP contribution in [0.4, 0.5) is 5.69 Å². The fourth-order valence-electron chi connectivity index (χ4n) is 1.87. The van der Waals surface area contributed by atoms with Gasteiger partial charge in [0.15, 0.2) is 0 Å². The Labute approximate surface area is 120 Å². The molecule has 1 aliphatic rings. The quantitative estimate of drug-likeness (QED) is 0.497. The fraction of sp³-hybridized carbons (Fsp3) is 0.455. The number of rotatable bonds is 3. The van der Waals surface area contributed by atoms with E-state index in [0.717, 1.165) is 19.3 Å². The number of carbonyl (C=O) groups excluding carboxylic acids is 1. The summed E-state index contributed by atoms with van der Waals surface area (Å²) in [6, 6.07) is 1.20. The van der Waals surface area contributed by atoms with Crippen LogP contribution < -0.4 is 5.43 Å². The molecule has 0 aromatic carbocycles. The Morgan fingerprint density at radius 3 is 2.70 bits per heavy atom. The van der Waals surface area contributed by atoms with Gasteiger partial charge in [0.2, 0.25) is 0 Å². The molecule has 0 atom stereocenters. The normalized spacial score (nSPS) is 16.9. The molecular weight excluding hydrogens is 286 g/mol. The minimum absolute atomic E-state index is 0.0409. The van der Waals surface area contributed by atoms with Gasteiger partial charge < -0.3 is 4.90 Å². The van der Waals surface area contributed by atoms with Crippen LogP contribution in [0.5, 0.6) is 0 Å². The number of nitrogens with one attached hydrogen (secondary N) is 1. The number of piperazine rings is 1. The highest BCUT2D eigenvalue weighted by atomic mass is 35.5. The van der Waals surface area contributed by atoms with Crippen molar-refractivity contribution in [2.75, 3.05) is 33.2 Å². The summed E-state index contributed by atoms with van der Waals surface area (Å²) in [5, 5.41) is 12.7. The molecule has 1 aliphatic heterocycles. The Morgan fingerprint density at radius 1 is 1.45 bits per heavy atom. The van der Waals surface area contributed by atoms with E-state index in [1.165, 1.54) is 6.07 Å². The number of hydrazine groups is 1. The highest BCUT2D eigenvalue weighted by molar-refractivity contribution is 6.29. The first-order valence-corrected chi connectivity index (χ1v) is 6.39. The van der Waals surface area contributed by atoms with Gasteiger partial charge in [0.25, 0.3) is 11.6 Å². The second kappa shape index (κ2) is 6.12. The molecule has 2 heterocycles. The summed E-state index contributed by atoms with van der Waals surface area (Å²) in [7, 11) is 1.99. The van der Waals surface area contributed by atoms with Crippen LogP contribution in [-0.4, -0.2) is 58.9 Å². The predicted molar refractivity (Wildman–Crippen MR) is 72.4 cm³/mol. The molecule has 20 heavy (non-hydrogen) atoms. The number of halogens is 1. The first-order valence-electron chi connectivity index (χ1n) is 6.02. The second-order valence-corrected chi connectivity index (χ2v) is 4.90. The molecule has 8 nitrogen and oxygen atoms in total. The third kappa shape index (κ3) is 3.41. The smallest absolute Gasteiger partial charge is 0.300 e. The molecule has 1 amide bonds. The largest absolute Gasteiger partial charge is 0.304 e. The topological polar surface area (TPSA) is 91.6 Å². The van der Waals surface area contributed by atoms with Gasteiger partial charge in [0.05, 0.1) is 4.92 Å². The van der Waals surface area contributed by atoms with Gasteiger partial charge in [-0.2, -0.15) is 0 Å². The molecule has 0 spiro atoms. The van der Waals surface area contributed by atoms with Gasteiger partial charge in [0, 0.05) is 26.2 Å². The SMILES string of the molecule is CN1CCN(NC(=O)c2cc(Cl)ncc2[N+](=O)[O-])CC1. The van der Waals surface area contributed by atoms with Crippen LogP contribution in [0.1, 0.15) is 10.4 Å². The Kier molecular flexibility index (Phi) is 4.48. The van der Waals surface area contributed by atoms with Gasteiger partial charge in [-0.05, 0) is 13.1 Å². The number of carbonyl (C=O) groups is 1. The number of amides is 1. The van der Waals surface area contributed by atoms with E-state index in [0.29, 0.717) is 13.1 Å². The van der Waals surface area contributed by atoms with E-state index in [1.54, 1.807) is 5.01 Å². The van der Waals surface area contributed by atoms with E-state index >= 15 is 0 Å². The molecule has 1 saturated heterocycles. The molecule has 1 aromatic heterocycles. The first-order chi connectivity index (χ1) is 9.47. The summed E-state index contributed by atoms with van der Waals surface area (Å²) >= 11 is 5.69. The van der Waals surface area contributed by atoms with Gasteiger partial charge in [-0.25, -0.2) is 9.99 Å². The Morgan fingerprint density at radius 2 is 2.10 bits per heavy atom. The van der Waals surface area contributed by atoms with E-state index in [4.69, 9.17) is 11.6 Å². The lowest BCUT2D eigenvalue weighted by Gasteiger charge is -2.32. The third-order valence-electron chi connectivity index (χ3n) is 3.05. The molecule has 0 unspecified atom stereocenters. The van der Waals surface area contributed by atoms with Crippen LogP contribution in [0.15, 0.2) is 12.3 Å². The van der Waals surface area contributed by atoms with Gasteiger partial charge in [-0.15, -0.1) is 0 Å². The predicted octanol–water partition coefficient (Wildman–Crippen LogP) is 0.535. The Balaban J connectivity index is 2.12. The number of nitro groups is 1. The molecule has 2 rings (SSSR count). The third-order valence-corrected chi connectivity index (χ3v) is 3.26. The zero-order valence-corrected chi connectivity index (χ0v) is 11.6. The van der Waals surface area contributed by atoms with Crippen molar-refractivity contribution in [1.82, 2.24) is 20.3 Å². The molecule has 1 N–H and O–H groups in total. The number of hydrogen-bond acceptors (Lipinski definition) is 6. The van der Waals surface area contributed by atoms with Crippen LogP contribution in [-0.2, 0) is 0 Å². The van der Waals surface area contributed by atoms with Crippen molar-refractivity contribution < 1.29 is 9.72 Å². The van der Waals surface area contributed by atoms with E-state index in [9.17, 15) is 14.9 Å². The Hall–Kier alpha value is -1.77. The number of hydrogen-bond donors (Lipinski definition) is 1. The van der Waals surface area contributed by atoms with Gasteiger partial charge in [-0.3, -0.25) is 20.3 Å². The molecule has 0 aliphatic carbocycles. The standard InChI is InChI=1S/C11H14ClN5O3/c1-15-2-4-16(5-3-15)14-11(18)8-6-10(12)13-7-9(8)17(19)20/h6-7H,2-5H2,1H3,(H,14,18). The molecule has 1 aromatic rings. The van der Waals surface area contributed by atoms with Crippen LogP contribution >= 0.6 is 11.6 Å². The van der Waals surface area contributed by atoms with Crippen molar-refractivity contribution in [2.45, 2.75) is 0 Å². The van der Waals surface area contributed by atoms with Gasteiger partial charge in [0.1, 0.15) is 16.9 Å². The van der Waals surface area contributed by atoms with Crippen molar-refractivity contribution in [1.29, 1.82) is 0 Å². The van der Waals surface area contributed by atoms with Crippen LogP contribution in [0.3, 0.4) is 0 Å². The summed E-state index contributed by atoms with van der Waals surface area (Å²) in [5.74, 6) is -0.550. The van der Waals surface area contributed by atoms with Gasteiger partial charge >= 0.3 is 0 Å². The summed E-state index contributed by atoms with van der Waals surface area (Å²) in [5.41, 5.74) is 2.21. The average molecular weight is 300 g/mol. The molecule has 0 radical (unpaired) electrons. The second-order valence-electron chi connectivity index (χ2n) is 4.51. The minimum atomic E-state index is -0.651. The summed E-state index contributed by atoms with van der Waals surface area (Å²) in [6.45, 7) is 2.96. The number of aromatic nitrogens is 1. The van der Waals surface area contributed by atoms with E-state index in [2.05, 4.69) is 15.3 Å². The lowest BCUT2D eigenvalue weighted by atomic mass is 10.2. The summed E-state index contributed by atoms with van der Waals surface area (Å²) in [4.78, 5) is 28.1. The molecule has 1 fully saturated rings. The fourth-order valence-corrected chi connectivity index (χ4v) is 2.03. The van der Waals surface area contributed by atoms with Crippen molar-refractivity contribution in [3.8, 4) is 0 Å². The number of likely N-dealkylation sites (N-methyl/N-ethyl adjacent to an activating group) is 1. The maximum absolute atomic E-state index is 12.1. The summed E-state index contributed by atoms with van der Waals surface area (Å²) in [6.07, 6.45) is 0.987. The number of nitrogens with zero attached hydrogens (tertiary/aromatic N) is 4. The van der Waals surface area contributed by atoms with Crippen molar-refractivity contribution >= 4 is 23.2 Å². The monoisotopic (exact) mass is 299 g/mol. The molecule has 0 saturated carbocycles. The lowest BCUT2D eigenvalue weighted by molar-refractivity contribution is -0.385. The van der Waals surface area contributed by atoms with Gasteiger partial charge in [-0.1, -0.05) is 11.6 Å². The van der Waals surface area contributed by atoms with Crippen molar-refractivity contribution in [3.05, 3.63) is 33.1 Å². The highest BCUT2D eigenvalue weighted by Gasteiger charge is 2.24. The average Bonchev–Trinajstić information content (AvgIpc) is 2.41. The molecule has 0 bridgehead atoms. The highest BCUT2D eigenvalue weighted by Crippen LogP contribution is 2.20. The van der Waals surface area contributed by atoms with Crippen LogP contribution in [0, 0.1) is 10.1 Å². The lowest BCUT2D eigenvalue weighted by Crippen LogP contribution is -2.52. The summed E-state index contributed by atoms with van der Waals surface area (Å²) < 4.78 is 0. The molecular formula is C11H14ClN5O3. The van der Waals surface area contributed by atoms with Crippen LogP contribution in [0.25, 0.3) is 0 Å². The Bertz CT molecular complexity index is 531. The maximum Gasteiger partial charge on any atom is 0.300 e. The van der Waals surface area contributed by atoms with Crippen molar-refractivity contribution in [3.63, 3.8) is 0 Å². The first kappa shape index (κ1) is 14.6. The van der Waals surface area contributed by atoms with E-state index < -0.39 is 10.8 Å². The maximum atomic E-state index is 12.1. The van der Waals surface area contributed by atoms with Crippen molar-refractivity contribution in [2.24, 2.45) is 0 Å².